The molecule has 0 radical (unpaired) electrons. The van der Waals surface area contributed by atoms with Gasteiger partial charge in [-0.1, -0.05) is 18.2 Å². The first-order chi connectivity index (χ1) is 7.02. The fourth-order valence-corrected chi connectivity index (χ4v) is 2.41. The van der Waals surface area contributed by atoms with E-state index < -0.39 is 21.1 Å². The highest BCUT2D eigenvalue weighted by Crippen LogP contribution is 2.06. The lowest BCUT2D eigenvalue weighted by Crippen LogP contribution is -2.27. The standard InChI is InChI=1S/C8H11NO4S2/c10-14(11)7-6-9-15(12,13)8-4-2-1-3-5-8/h1-5,9H,6-7H2,(H,10,11). The van der Waals surface area contributed by atoms with Crippen molar-refractivity contribution in [3.8, 4) is 0 Å². The van der Waals surface area contributed by atoms with Gasteiger partial charge in [-0.15, -0.1) is 0 Å². The Hall–Kier alpha value is -0.760. The quantitative estimate of drug-likeness (QED) is 0.729. The molecule has 0 aliphatic rings. The number of hydrogen-bond acceptors (Lipinski definition) is 3. The van der Waals surface area contributed by atoms with Gasteiger partial charge in [0.25, 0.3) is 0 Å². The third-order valence-electron chi connectivity index (χ3n) is 1.62. The second-order valence-corrected chi connectivity index (χ2v) is 5.55. The molecule has 0 aromatic heterocycles. The van der Waals surface area contributed by atoms with Gasteiger partial charge in [0, 0.05) is 6.54 Å². The highest BCUT2D eigenvalue weighted by molar-refractivity contribution is 7.89. The Labute approximate surface area is 90.8 Å². The van der Waals surface area contributed by atoms with Gasteiger partial charge in [0.2, 0.25) is 10.0 Å². The van der Waals surface area contributed by atoms with Crippen molar-refractivity contribution < 1.29 is 17.2 Å². The van der Waals surface area contributed by atoms with Crippen molar-refractivity contribution in [2.45, 2.75) is 4.90 Å². The predicted molar refractivity (Wildman–Crippen MR) is 57.3 cm³/mol. The Morgan fingerprint density at radius 3 is 2.40 bits per heavy atom. The Kier molecular flexibility index (Phi) is 4.40. The van der Waals surface area contributed by atoms with Crippen molar-refractivity contribution in [1.82, 2.24) is 4.72 Å². The largest absolute Gasteiger partial charge is 0.306 e. The summed E-state index contributed by atoms with van der Waals surface area (Å²) >= 11 is -1.98. The van der Waals surface area contributed by atoms with Crippen LogP contribution in [-0.4, -0.2) is 29.5 Å². The summed E-state index contributed by atoms with van der Waals surface area (Å²) in [5.41, 5.74) is 0. The molecule has 0 heterocycles. The van der Waals surface area contributed by atoms with Gasteiger partial charge in [-0.25, -0.2) is 17.3 Å². The van der Waals surface area contributed by atoms with E-state index in [0.717, 1.165) is 0 Å². The zero-order valence-corrected chi connectivity index (χ0v) is 9.42. The van der Waals surface area contributed by atoms with E-state index in [0.29, 0.717) is 0 Å². The summed E-state index contributed by atoms with van der Waals surface area (Å²) in [6.07, 6.45) is 0. The molecule has 2 N–H and O–H groups in total. The maximum atomic E-state index is 11.5. The SMILES string of the molecule is O=S(O)CCNS(=O)(=O)c1ccccc1. The van der Waals surface area contributed by atoms with Crippen molar-refractivity contribution in [2.75, 3.05) is 12.3 Å². The molecule has 0 aliphatic carbocycles. The Morgan fingerprint density at radius 1 is 1.27 bits per heavy atom. The molecule has 0 saturated carbocycles. The first-order valence-corrected chi connectivity index (χ1v) is 6.90. The number of hydrogen-bond donors (Lipinski definition) is 2. The molecule has 1 aromatic carbocycles. The first kappa shape index (κ1) is 12.3. The van der Waals surface area contributed by atoms with Crippen molar-refractivity contribution >= 4 is 21.1 Å². The van der Waals surface area contributed by atoms with Crippen LogP contribution in [0.5, 0.6) is 0 Å². The lowest BCUT2D eigenvalue weighted by atomic mass is 10.4. The normalized spacial score (nSPS) is 13.7. The van der Waals surface area contributed by atoms with Gasteiger partial charge in [-0.3, -0.25) is 0 Å². The van der Waals surface area contributed by atoms with Crippen LogP contribution in [0.3, 0.4) is 0 Å². The number of sulfonamides is 1. The van der Waals surface area contributed by atoms with E-state index in [2.05, 4.69) is 4.72 Å². The summed E-state index contributed by atoms with van der Waals surface area (Å²) in [5.74, 6) is -0.119. The minimum atomic E-state index is -3.55. The zero-order chi connectivity index (χ0) is 11.3. The molecule has 0 bridgehead atoms. The van der Waals surface area contributed by atoms with Gasteiger partial charge >= 0.3 is 0 Å². The van der Waals surface area contributed by atoms with Crippen LogP contribution in [0.15, 0.2) is 35.2 Å². The van der Waals surface area contributed by atoms with E-state index in [1.807, 2.05) is 0 Å². The first-order valence-electron chi connectivity index (χ1n) is 4.14. The van der Waals surface area contributed by atoms with Gasteiger partial charge in [-0.05, 0) is 12.1 Å². The summed E-state index contributed by atoms with van der Waals surface area (Å²) < 4.78 is 44.0. The van der Waals surface area contributed by atoms with E-state index in [4.69, 9.17) is 4.55 Å². The van der Waals surface area contributed by atoms with Crippen LogP contribution in [0, 0.1) is 0 Å². The lowest BCUT2D eigenvalue weighted by Gasteiger charge is -2.04. The van der Waals surface area contributed by atoms with Crippen LogP contribution >= 0.6 is 0 Å². The minimum absolute atomic E-state index is 0.0552. The molecule has 84 valence electrons. The maximum absolute atomic E-state index is 11.5. The number of benzene rings is 1. The van der Waals surface area contributed by atoms with Crippen LogP contribution in [0.1, 0.15) is 0 Å². The molecule has 15 heavy (non-hydrogen) atoms. The average Bonchev–Trinajstić information content (AvgIpc) is 2.18. The topological polar surface area (TPSA) is 83.5 Å². The smallest absolute Gasteiger partial charge is 0.240 e. The summed E-state index contributed by atoms with van der Waals surface area (Å²) in [4.78, 5) is 0.147. The summed E-state index contributed by atoms with van der Waals surface area (Å²) in [6.45, 7) is -0.0552. The van der Waals surface area contributed by atoms with Gasteiger partial charge in [0.05, 0.1) is 10.6 Å². The van der Waals surface area contributed by atoms with Gasteiger partial charge in [0.15, 0.2) is 11.1 Å². The second kappa shape index (κ2) is 5.36. The van der Waals surface area contributed by atoms with Crippen molar-refractivity contribution in [2.24, 2.45) is 0 Å². The molecule has 0 saturated heterocycles. The zero-order valence-electron chi connectivity index (χ0n) is 7.79. The van der Waals surface area contributed by atoms with E-state index in [1.54, 1.807) is 18.2 Å². The molecule has 7 heteroatoms. The van der Waals surface area contributed by atoms with E-state index in [-0.39, 0.29) is 17.2 Å². The van der Waals surface area contributed by atoms with Crippen molar-refractivity contribution in [3.05, 3.63) is 30.3 Å². The Morgan fingerprint density at radius 2 is 1.87 bits per heavy atom. The molecular weight excluding hydrogens is 238 g/mol. The Bertz CT molecular complexity index is 429. The molecule has 0 fully saturated rings. The van der Waals surface area contributed by atoms with E-state index in [9.17, 15) is 12.6 Å². The highest BCUT2D eigenvalue weighted by atomic mass is 32.2. The summed E-state index contributed by atoms with van der Waals surface area (Å²) in [7, 11) is -3.55. The molecule has 5 nitrogen and oxygen atoms in total. The van der Waals surface area contributed by atoms with E-state index in [1.165, 1.54) is 12.1 Å². The fourth-order valence-electron chi connectivity index (χ4n) is 0.946. The lowest BCUT2D eigenvalue weighted by molar-refractivity contribution is 0.561. The molecule has 1 aromatic rings. The number of nitrogens with one attached hydrogen (secondary N) is 1. The third kappa shape index (κ3) is 4.08. The van der Waals surface area contributed by atoms with E-state index >= 15 is 0 Å². The molecule has 0 amide bonds. The maximum Gasteiger partial charge on any atom is 0.240 e. The summed E-state index contributed by atoms with van der Waals surface area (Å²) in [5, 5.41) is 0. The molecule has 0 spiro atoms. The fraction of sp³-hybridized carbons (Fsp3) is 0.250. The van der Waals surface area contributed by atoms with Crippen LogP contribution in [-0.2, 0) is 21.1 Å². The van der Waals surface area contributed by atoms with Crippen LogP contribution in [0.2, 0.25) is 0 Å². The Balaban J connectivity index is 2.65. The van der Waals surface area contributed by atoms with Crippen molar-refractivity contribution in [1.29, 1.82) is 0 Å². The predicted octanol–water partition coefficient (Wildman–Crippen LogP) is 0.187. The minimum Gasteiger partial charge on any atom is -0.306 e. The monoisotopic (exact) mass is 249 g/mol. The molecule has 1 unspecified atom stereocenters. The van der Waals surface area contributed by atoms with Gasteiger partial charge < -0.3 is 4.55 Å². The third-order valence-corrected chi connectivity index (χ3v) is 3.65. The average molecular weight is 249 g/mol. The highest BCUT2D eigenvalue weighted by Gasteiger charge is 2.12. The summed E-state index contributed by atoms with van der Waals surface area (Å²) in [6, 6.07) is 7.84. The number of rotatable bonds is 5. The van der Waals surface area contributed by atoms with Crippen LogP contribution in [0.25, 0.3) is 0 Å². The molecule has 1 rings (SSSR count). The van der Waals surface area contributed by atoms with Gasteiger partial charge in [-0.2, -0.15) is 0 Å². The van der Waals surface area contributed by atoms with Crippen molar-refractivity contribution in [3.63, 3.8) is 0 Å². The molecular formula is C8H11NO4S2. The van der Waals surface area contributed by atoms with Gasteiger partial charge in [0.1, 0.15) is 0 Å². The van der Waals surface area contributed by atoms with Crippen LogP contribution < -0.4 is 4.72 Å². The molecule has 1 atom stereocenters. The second-order valence-electron chi connectivity index (χ2n) is 2.74. The molecule has 0 aliphatic heterocycles. The van der Waals surface area contributed by atoms with Crippen LogP contribution in [0.4, 0.5) is 0 Å².